The molecule has 0 atom stereocenters. The van der Waals surface area contributed by atoms with Gasteiger partial charge in [-0.3, -0.25) is 0 Å². The normalized spacial score (nSPS) is 10.7. The summed E-state index contributed by atoms with van der Waals surface area (Å²) in [7, 11) is 0. The van der Waals surface area contributed by atoms with Gasteiger partial charge >= 0.3 is 0 Å². The van der Waals surface area contributed by atoms with Crippen LogP contribution in [0.4, 0.5) is 0 Å². The van der Waals surface area contributed by atoms with Gasteiger partial charge in [0.2, 0.25) is 0 Å². The van der Waals surface area contributed by atoms with E-state index in [4.69, 9.17) is 234 Å². The van der Waals surface area contributed by atoms with Gasteiger partial charge in [-0.05, 0) is 0 Å². The minimum atomic E-state index is -0.954. The van der Waals surface area contributed by atoms with Crippen molar-refractivity contribution in [3.8, 4) is 0 Å². The highest BCUT2D eigenvalue weighted by Gasteiger charge is 2.02. The van der Waals surface area contributed by atoms with Crippen LogP contribution in [-0.2, 0) is 71.1 Å². The maximum Gasteiger partial charge on any atom is 0.100 e. The van der Waals surface area contributed by atoms with Gasteiger partial charge in [-0.2, -0.15) is 0 Å². The smallest absolute Gasteiger partial charge is 0.100 e. The Morgan fingerprint density at radius 3 is 0.193 bits per heavy atom. The summed E-state index contributed by atoms with van der Waals surface area (Å²) in [6, 6.07) is 0. The summed E-state index contributed by atoms with van der Waals surface area (Å²) in [5.74, 6) is 0. The van der Waals surface area contributed by atoms with Crippen LogP contribution in [0.3, 0.4) is 0 Å². The minimum Gasteiger partial charge on any atom is -0.394 e. The first-order valence-electron chi connectivity index (χ1n) is 34.4. The molecule has 0 saturated carbocycles. The van der Waals surface area contributed by atoms with E-state index in [1.165, 1.54) is 0 Å². The van der Waals surface area contributed by atoms with Gasteiger partial charge in [0.15, 0.2) is 0 Å². The maximum atomic E-state index is 8.58. The van der Waals surface area contributed by atoms with Gasteiger partial charge in [0.25, 0.3) is 0 Å². The largest absolute Gasteiger partial charge is 0.394 e. The third kappa shape index (κ3) is 163. The lowest BCUT2D eigenvalue weighted by Gasteiger charge is -2.09. The summed E-state index contributed by atoms with van der Waals surface area (Å²) in [4.78, 5) is 0. The Balaban J connectivity index is -0.000000140. The second kappa shape index (κ2) is 130. The molecule has 0 fully saturated rings. The summed E-state index contributed by atoms with van der Waals surface area (Å²) in [6.45, 7) is 7.28. The summed E-state index contributed by atoms with van der Waals surface area (Å²) < 4.78 is 80.8. The topological polar surface area (TPSA) is 786 Å². The molecule has 0 bridgehead atoms. The fraction of sp³-hybridized carbons (Fsp3) is 1.00. The van der Waals surface area contributed by atoms with Crippen LogP contribution in [0.2, 0.25) is 0 Å². The monoisotopic (exact) mass is 1640 g/mol. The van der Waals surface area contributed by atoms with Crippen LogP contribution in [0, 0.1) is 0 Å². The van der Waals surface area contributed by atoms with Crippen molar-refractivity contribution < 1.29 is 234 Å². The molecule has 0 rings (SSSR count). The number of rotatable bonds is 66. The first-order valence-corrected chi connectivity index (χ1v) is 34.4. The van der Waals surface area contributed by atoms with Crippen LogP contribution in [-0.4, -0.2) is 568 Å². The predicted molar refractivity (Wildman–Crippen MR) is 378 cm³/mol. The summed E-state index contributed by atoms with van der Waals surface area (Å²) in [5, 5.41) is 257. The number of aliphatic hydroxyl groups excluding tert-OH is 32. The van der Waals surface area contributed by atoms with Crippen molar-refractivity contribution in [1.82, 2.24) is 0 Å². The molecule has 0 aromatic carbocycles. The zero-order valence-corrected chi connectivity index (χ0v) is 63.0. The average Bonchev–Trinajstić information content (AvgIpc) is 3.32. The van der Waals surface area contributed by atoms with Crippen LogP contribution in [0.25, 0.3) is 0 Å². The van der Waals surface area contributed by atoms with Crippen molar-refractivity contribution in [2.45, 2.75) is 61.0 Å². The molecule has 0 amide bonds. The molecule has 0 unspecified atom stereocenters. The third-order valence-corrected chi connectivity index (χ3v) is 9.89. The van der Waals surface area contributed by atoms with E-state index < -0.39 is 61.0 Å². The van der Waals surface area contributed by atoms with E-state index >= 15 is 0 Å². The van der Waals surface area contributed by atoms with Gasteiger partial charge < -0.3 is 234 Å². The van der Waals surface area contributed by atoms with E-state index in [-0.39, 0.29) is 145 Å². The maximum absolute atomic E-state index is 8.58. The molecule has 0 aliphatic heterocycles. The zero-order valence-electron chi connectivity index (χ0n) is 63.0. The number of hydrogen-bond acceptors (Lipinski definition) is 47. The van der Waals surface area contributed by atoms with E-state index in [1.807, 2.05) is 0 Å². The highest BCUT2D eigenvalue weighted by Crippen LogP contribution is 1.90. The van der Waals surface area contributed by atoms with Crippen molar-refractivity contribution >= 4 is 0 Å². The minimum absolute atomic E-state index is 0.0218. The lowest BCUT2D eigenvalue weighted by Crippen LogP contribution is -2.15. The molecule has 32 N–H and O–H groups in total. The Labute approximate surface area is 637 Å². The molecule has 47 heteroatoms. The van der Waals surface area contributed by atoms with E-state index in [1.54, 1.807) is 0 Å². The van der Waals surface area contributed by atoms with Crippen molar-refractivity contribution in [3.05, 3.63) is 0 Å². The van der Waals surface area contributed by atoms with Crippen LogP contribution < -0.4 is 0 Å². The van der Waals surface area contributed by atoms with Gasteiger partial charge in [-0.1, -0.05) is 0 Å². The number of ether oxygens (including phenoxy) is 15. The Morgan fingerprint density at radius 2 is 0.156 bits per heavy atom. The van der Waals surface area contributed by atoms with Crippen LogP contribution in [0.5, 0.6) is 0 Å². The van der Waals surface area contributed by atoms with Crippen molar-refractivity contribution in [2.24, 2.45) is 0 Å². The van der Waals surface area contributed by atoms with Gasteiger partial charge in [0.1, 0.15) is 61.0 Å². The number of hydrogen-bond donors (Lipinski definition) is 32. The van der Waals surface area contributed by atoms with E-state index in [2.05, 4.69) is 0 Å². The summed E-state index contributed by atoms with van der Waals surface area (Å²) in [5.41, 5.74) is 0. The number of aliphatic hydroxyl groups is 32. The molecule has 0 radical (unpaired) electrons. The molecule has 0 aliphatic rings. The van der Waals surface area contributed by atoms with E-state index in [0.717, 1.165) is 0 Å². The van der Waals surface area contributed by atoms with E-state index in [9.17, 15) is 0 Å². The predicted octanol–water partition coefficient (Wildman–Crippen LogP) is -17.5. The highest BCUT2D eigenvalue weighted by atomic mass is 16.6. The standard InChI is InChI=1S/C32H66O17.10C3H8O3/c33-1-3-35-5-7-37-9-11-39-13-15-41-17-19-43-21-23-45-25-27-47-29-31-49-32-30-48-28-26-46-24-22-44-20-18-42-16-14-40-12-10-38-8-6-36-4-2-34;10*4-1-3(6)2-5/h33-34H,1-32H2;10*3-6H,1-2H2. The quantitative estimate of drug-likeness (QED) is 0.0251. The van der Waals surface area contributed by atoms with Crippen molar-refractivity contribution in [1.29, 1.82) is 0 Å². The molecule has 0 aromatic rings. The molecule has 0 spiro atoms. The molecular formula is C62H146O47. The summed E-state index contributed by atoms with van der Waals surface area (Å²) in [6.07, 6.45) is -9.54. The molecule has 47 nitrogen and oxygen atoms in total. The van der Waals surface area contributed by atoms with Gasteiger partial charge in [-0.25, -0.2) is 0 Å². The Morgan fingerprint density at radius 1 is 0.101 bits per heavy atom. The Kier molecular flexibility index (Phi) is 155. The lowest BCUT2D eigenvalue weighted by atomic mass is 10.4. The fourth-order valence-corrected chi connectivity index (χ4v) is 3.89. The summed E-state index contributed by atoms with van der Waals surface area (Å²) >= 11 is 0. The first-order chi connectivity index (χ1) is 52.5. The molecule has 0 aromatic heterocycles. The SMILES string of the molecule is OCC(O)CO.OCC(O)CO.OCC(O)CO.OCC(O)CO.OCC(O)CO.OCC(O)CO.OCC(O)CO.OCC(O)CO.OCC(O)CO.OCC(O)CO.OCCOCCOCCOCCOCCOCCOCCOCCOCCOCCOCCOCCOCCOCCOCCOCCO. The Hall–Kier alpha value is -1.88. The van der Waals surface area contributed by atoms with Crippen molar-refractivity contribution in [2.75, 3.05) is 344 Å². The highest BCUT2D eigenvalue weighted by molar-refractivity contribution is 4.50. The van der Waals surface area contributed by atoms with Gasteiger partial charge in [0.05, 0.1) is 344 Å². The second-order valence-corrected chi connectivity index (χ2v) is 19.8. The van der Waals surface area contributed by atoms with E-state index in [0.29, 0.717) is 198 Å². The zero-order chi connectivity index (χ0) is 85.1. The molecule has 0 heterocycles. The molecule has 0 aliphatic carbocycles. The lowest BCUT2D eigenvalue weighted by molar-refractivity contribution is -0.0303. The van der Waals surface area contributed by atoms with Gasteiger partial charge in [-0.15, -0.1) is 0 Å². The van der Waals surface area contributed by atoms with Crippen LogP contribution in [0.1, 0.15) is 0 Å². The first kappa shape index (κ1) is 131. The molecular weight excluding hydrogens is 1500 g/mol. The Bertz CT molecular complexity index is 1140. The fourth-order valence-electron chi connectivity index (χ4n) is 3.89. The van der Waals surface area contributed by atoms with Crippen LogP contribution >= 0.6 is 0 Å². The van der Waals surface area contributed by atoms with Crippen LogP contribution in [0.15, 0.2) is 0 Å². The molecule has 109 heavy (non-hydrogen) atoms. The second-order valence-electron chi connectivity index (χ2n) is 19.8. The van der Waals surface area contributed by atoms with Gasteiger partial charge in [0, 0.05) is 0 Å². The molecule has 0 saturated heterocycles. The average molecular weight is 1640 g/mol. The third-order valence-electron chi connectivity index (χ3n) is 9.89. The van der Waals surface area contributed by atoms with Crippen molar-refractivity contribution in [3.63, 3.8) is 0 Å². The molecule has 676 valence electrons.